The van der Waals surface area contributed by atoms with Gasteiger partial charge in [-0.1, -0.05) is 5.16 Å². The summed E-state index contributed by atoms with van der Waals surface area (Å²) < 4.78 is 10.6. The molecule has 1 unspecified atom stereocenters. The number of nitrogens with one attached hydrogen (secondary N) is 2. The molecule has 7 nitrogen and oxygen atoms in total. The molecule has 1 aliphatic rings. The maximum Gasteiger partial charge on any atom is 0.261 e. The molecule has 2 aromatic rings. The third kappa shape index (κ3) is 1.94. The fourth-order valence-electron chi connectivity index (χ4n) is 1.78. The number of aryl methyl sites for hydroxylation is 1. The Labute approximate surface area is 97.6 Å². The average molecular weight is 235 g/mol. The Morgan fingerprint density at radius 3 is 3.12 bits per heavy atom. The summed E-state index contributed by atoms with van der Waals surface area (Å²) in [5, 5.41) is 14.0. The van der Waals surface area contributed by atoms with Crippen LogP contribution in [-0.4, -0.2) is 40.1 Å². The van der Waals surface area contributed by atoms with E-state index in [2.05, 4.69) is 25.7 Å². The highest BCUT2D eigenvalue weighted by molar-refractivity contribution is 5.54. The van der Waals surface area contributed by atoms with Gasteiger partial charge < -0.3 is 14.6 Å². The summed E-state index contributed by atoms with van der Waals surface area (Å²) in [7, 11) is 0. The molecule has 1 fully saturated rings. The second-order valence-corrected chi connectivity index (χ2v) is 3.95. The van der Waals surface area contributed by atoms with Crippen LogP contribution in [0.25, 0.3) is 11.5 Å². The molecule has 17 heavy (non-hydrogen) atoms. The molecule has 90 valence electrons. The van der Waals surface area contributed by atoms with Gasteiger partial charge in [0.15, 0.2) is 5.82 Å². The highest BCUT2D eigenvalue weighted by Crippen LogP contribution is 2.21. The van der Waals surface area contributed by atoms with Crippen molar-refractivity contribution in [3.05, 3.63) is 17.7 Å². The predicted octanol–water partition coefficient (Wildman–Crippen LogP) is 0.429. The van der Waals surface area contributed by atoms with Gasteiger partial charge in [0.2, 0.25) is 0 Å². The molecule has 1 aliphatic heterocycles. The summed E-state index contributed by atoms with van der Waals surface area (Å²) in [4.78, 5) is 4.36. The van der Waals surface area contributed by atoms with Crippen LogP contribution in [0.2, 0.25) is 0 Å². The van der Waals surface area contributed by atoms with E-state index in [1.807, 2.05) is 6.92 Å². The minimum atomic E-state index is 0.00783. The normalized spacial score (nSPS) is 20.6. The summed E-state index contributed by atoms with van der Waals surface area (Å²) in [5.41, 5.74) is 1.74. The van der Waals surface area contributed by atoms with E-state index in [0.29, 0.717) is 18.3 Å². The van der Waals surface area contributed by atoms with Crippen LogP contribution in [0.1, 0.15) is 17.6 Å². The summed E-state index contributed by atoms with van der Waals surface area (Å²) in [6, 6.07) is 0.00783. The quantitative estimate of drug-likeness (QED) is 0.784. The van der Waals surface area contributed by atoms with Crippen molar-refractivity contribution in [2.45, 2.75) is 13.0 Å². The van der Waals surface area contributed by atoms with Crippen LogP contribution >= 0.6 is 0 Å². The topological polar surface area (TPSA) is 88.9 Å². The van der Waals surface area contributed by atoms with Crippen LogP contribution < -0.4 is 5.32 Å². The maximum atomic E-state index is 5.36. The van der Waals surface area contributed by atoms with Gasteiger partial charge in [-0.2, -0.15) is 10.1 Å². The van der Waals surface area contributed by atoms with Gasteiger partial charge in [0.1, 0.15) is 0 Å². The molecule has 0 radical (unpaired) electrons. The smallest absolute Gasteiger partial charge is 0.261 e. The molecule has 2 N–H and O–H groups in total. The zero-order chi connectivity index (χ0) is 11.7. The van der Waals surface area contributed by atoms with Gasteiger partial charge in [-0.25, -0.2) is 0 Å². The molecule has 0 bridgehead atoms. The van der Waals surface area contributed by atoms with Crippen molar-refractivity contribution in [1.82, 2.24) is 25.7 Å². The maximum absolute atomic E-state index is 5.36. The minimum Gasteiger partial charge on any atom is -0.378 e. The Morgan fingerprint density at radius 1 is 1.47 bits per heavy atom. The second-order valence-electron chi connectivity index (χ2n) is 3.95. The van der Waals surface area contributed by atoms with Crippen molar-refractivity contribution < 1.29 is 9.26 Å². The van der Waals surface area contributed by atoms with Crippen molar-refractivity contribution >= 4 is 0 Å². The molecular formula is C10H13N5O2. The van der Waals surface area contributed by atoms with Gasteiger partial charge >= 0.3 is 0 Å². The SMILES string of the molecule is Cc1[nH]ncc1-c1nc(C2COCCN2)no1. The third-order valence-corrected chi connectivity index (χ3v) is 2.74. The number of aromatic nitrogens is 4. The highest BCUT2D eigenvalue weighted by Gasteiger charge is 2.22. The number of aromatic amines is 1. The molecule has 1 saturated heterocycles. The zero-order valence-corrected chi connectivity index (χ0v) is 9.43. The third-order valence-electron chi connectivity index (χ3n) is 2.74. The molecule has 0 amide bonds. The number of morpholine rings is 1. The molecule has 7 heteroatoms. The van der Waals surface area contributed by atoms with E-state index in [4.69, 9.17) is 9.26 Å². The molecule has 0 aromatic carbocycles. The Bertz CT molecular complexity index is 500. The Kier molecular flexibility index (Phi) is 2.62. The van der Waals surface area contributed by atoms with Crippen LogP contribution in [0.3, 0.4) is 0 Å². The summed E-state index contributed by atoms with van der Waals surface area (Å²) >= 11 is 0. The average Bonchev–Trinajstić information content (AvgIpc) is 2.98. The lowest BCUT2D eigenvalue weighted by molar-refractivity contribution is 0.0734. The fraction of sp³-hybridized carbons (Fsp3) is 0.500. The van der Waals surface area contributed by atoms with Gasteiger partial charge in [0.05, 0.1) is 31.0 Å². The van der Waals surface area contributed by atoms with Crippen LogP contribution in [0.15, 0.2) is 10.7 Å². The lowest BCUT2D eigenvalue weighted by atomic mass is 10.2. The van der Waals surface area contributed by atoms with Crippen LogP contribution in [0, 0.1) is 6.92 Å². The summed E-state index contributed by atoms with van der Waals surface area (Å²) in [6.45, 7) is 4.01. The van der Waals surface area contributed by atoms with E-state index < -0.39 is 0 Å². The van der Waals surface area contributed by atoms with Gasteiger partial charge in [-0.3, -0.25) is 5.10 Å². The first-order valence-corrected chi connectivity index (χ1v) is 5.49. The van der Waals surface area contributed by atoms with E-state index >= 15 is 0 Å². The van der Waals surface area contributed by atoms with Crippen LogP contribution in [-0.2, 0) is 4.74 Å². The standard InChI is InChI=1S/C10H13N5O2/c1-6-7(4-12-14-6)10-13-9(15-17-10)8-5-16-3-2-11-8/h4,8,11H,2-3,5H2,1H3,(H,12,14). The largest absolute Gasteiger partial charge is 0.378 e. The van der Waals surface area contributed by atoms with Crippen LogP contribution in [0.4, 0.5) is 0 Å². The first-order valence-electron chi connectivity index (χ1n) is 5.49. The highest BCUT2D eigenvalue weighted by atomic mass is 16.5. The second kappa shape index (κ2) is 4.27. The van der Waals surface area contributed by atoms with Gasteiger partial charge in [-0.15, -0.1) is 0 Å². The monoisotopic (exact) mass is 235 g/mol. The van der Waals surface area contributed by atoms with Crippen LogP contribution in [0.5, 0.6) is 0 Å². The summed E-state index contributed by atoms with van der Waals surface area (Å²) in [5.74, 6) is 1.11. The number of ether oxygens (including phenoxy) is 1. The van der Waals surface area contributed by atoms with Gasteiger partial charge in [0, 0.05) is 12.2 Å². The number of hydrogen-bond donors (Lipinski definition) is 2. The molecule has 2 aromatic heterocycles. The van der Waals surface area contributed by atoms with Crippen molar-refractivity contribution in [3.63, 3.8) is 0 Å². The number of rotatable bonds is 2. The summed E-state index contributed by atoms with van der Waals surface area (Å²) in [6.07, 6.45) is 1.68. The molecule has 3 heterocycles. The van der Waals surface area contributed by atoms with E-state index in [1.54, 1.807) is 6.20 Å². The van der Waals surface area contributed by atoms with Crippen molar-refractivity contribution in [1.29, 1.82) is 0 Å². The number of nitrogens with zero attached hydrogens (tertiary/aromatic N) is 3. The van der Waals surface area contributed by atoms with E-state index in [1.165, 1.54) is 0 Å². The molecule has 3 rings (SSSR count). The Balaban J connectivity index is 1.85. The minimum absolute atomic E-state index is 0.00783. The molecule has 0 spiro atoms. The first kappa shape index (κ1) is 10.4. The molecule has 0 saturated carbocycles. The zero-order valence-electron chi connectivity index (χ0n) is 9.43. The van der Waals surface area contributed by atoms with E-state index in [0.717, 1.165) is 24.4 Å². The van der Waals surface area contributed by atoms with Gasteiger partial charge in [0.25, 0.3) is 5.89 Å². The number of hydrogen-bond acceptors (Lipinski definition) is 6. The predicted molar refractivity (Wildman–Crippen MR) is 58.2 cm³/mol. The molecular weight excluding hydrogens is 222 g/mol. The Hall–Kier alpha value is -1.73. The molecule has 1 atom stereocenters. The van der Waals surface area contributed by atoms with Crippen molar-refractivity contribution in [3.8, 4) is 11.5 Å². The van der Waals surface area contributed by atoms with E-state index in [-0.39, 0.29) is 6.04 Å². The lowest BCUT2D eigenvalue weighted by Crippen LogP contribution is -2.35. The van der Waals surface area contributed by atoms with Gasteiger partial charge in [-0.05, 0) is 6.92 Å². The first-order chi connectivity index (χ1) is 8.34. The van der Waals surface area contributed by atoms with Crippen molar-refractivity contribution in [2.75, 3.05) is 19.8 Å². The lowest BCUT2D eigenvalue weighted by Gasteiger charge is -2.20. The fourth-order valence-corrected chi connectivity index (χ4v) is 1.78. The van der Waals surface area contributed by atoms with E-state index in [9.17, 15) is 0 Å². The Morgan fingerprint density at radius 2 is 2.41 bits per heavy atom. The van der Waals surface area contributed by atoms with Crippen molar-refractivity contribution in [2.24, 2.45) is 0 Å². The molecule has 0 aliphatic carbocycles. The number of H-pyrrole nitrogens is 1.